The van der Waals surface area contributed by atoms with Crippen molar-refractivity contribution < 1.29 is 20.1 Å². The van der Waals surface area contributed by atoms with Crippen LogP contribution in [-0.4, -0.2) is 18.0 Å². The van der Waals surface area contributed by atoms with Gasteiger partial charge in [-0.3, -0.25) is 0 Å². The molecule has 0 unspecified atom stereocenters. The minimum absolute atomic E-state index is 0. The van der Waals surface area contributed by atoms with Crippen molar-refractivity contribution in [1.82, 2.24) is 9.97 Å². The summed E-state index contributed by atoms with van der Waals surface area (Å²) in [6.45, 7) is 9.26. The molecule has 3 aromatic carbocycles. The Labute approximate surface area is 255 Å². The minimum Gasteiger partial charge on any atom is -0.304 e. The number of rotatable bonds is 4. The van der Waals surface area contributed by atoms with Gasteiger partial charge in [0.15, 0.2) is 0 Å². The maximum atomic E-state index is 4.77. The van der Waals surface area contributed by atoms with Crippen LogP contribution in [0.1, 0.15) is 29.9 Å². The van der Waals surface area contributed by atoms with Crippen molar-refractivity contribution in [2.24, 2.45) is 0 Å². The first kappa shape index (κ1) is 28.6. The molecule has 0 amide bonds. The van der Waals surface area contributed by atoms with Crippen LogP contribution < -0.4 is 5.19 Å². The molecule has 0 saturated heterocycles. The molecule has 5 heteroatoms. The van der Waals surface area contributed by atoms with E-state index in [1.807, 2.05) is 54.8 Å². The van der Waals surface area contributed by atoms with E-state index in [0.29, 0.717) is 0 Å². The zero-order valence-corrected chi connectivity index (χ0v) is 27.5. The van der Waals surface area contributed by atoms with Crippen molar-refractivity contribution in [2.75, 3.05) is 0 Å². The molecule has 0 spiro atoms. The normalized spacial score (nSPS) is 13.0. The topological polar surface area (TPSA) is 25.8 Å². The van der Waals surface area contributed by atoms with E-state index >= 15 is 0 Å². The van der Waals surface area contributed by atoms with Crippen molar-refractivity contribution >= 4 is 44.8 Å². The second kappa shape index (κ2) is 11.9. The van der Waals surface area contributed by atoms with E-state index in [1.165, 1.54) is 49.3 Å². The van der Waals surface area contributed by atoms with Crippen molar-refractivity contribution in [3.63, 3.8) is 0 Å². The Morgan fingerprint density at radius 2 is 1.60 bits per heavy atom. The minimum atomic E-state index is -1.32. The monoisotopic (exact) mass is 733 g/mol. The summed E-state index contributed by atoms with van der Waals surface area (Å²) in [5, 5.41) is 4.24. The number of thiophene rings is 1. The van der Waals surface area contributed by atoms with Gasteiger partial charge in [-0.15, -0.1) is 59.7 Å². The Morgan fingerprint density at radius 1 is 0.800 bits per heavy atom. The molecule has 7 rings (SSSR count). The van der Waals surface area contributed by atoms with Crippen molar-refractivity contribution in [3.05, 3.63) is 115 Å². The van der Waals surface area contributed by atoms with E-state index in [1.54, 1.807) is 0 Å². The number of fused-ring (bicyclic) bond motifs is 3. The molecule has 0 aliphatic heterocycles. The zero-order valence-electron chi connectivity index (χ0n) is 23.3. The van der Waals surface area contributed by atoms with Gasteiger partial charge in [0, 0.05) is 37.2 Å². The van der Waals surface area contributed by atoms with Crippen LogP contribution in [-0.2, 0) is 20.1 Å². The second-order valence-electron chi connectivity index (χ2n) is 11.4. The number of aryl methyl sites for hydroxylation is 1. The first-order chi connectivity index (χ1) is 18.9. The van der Waals surface area contributed by atoms with Gasteiger partial charge in [-0.2, -0.15) is 11.3 Å². The predicted octanol–water partition coefficient (Wildman–Crippen LogP) is 9.19. The zero-order chi connectivity index (χ0) is 27.0. The van der Waals surface area contributed by atoms with E-state index in [2.05, 4.69) is 91.5 Å². The van der Waals surface area contributed by atoms with Gasteiger partial charge in [-0.25, -0.2) is 0 Å². The first-order valence-electron chi connectivity index (χ1n) is 13.6. The number of benzene rings is 3. The SMILES string of the molecule is C[Si](C)(C)c1ccc2sc3c(-c4ccc(C5CC5)cn4)[c-]ccc3c2c1.Cc1ccc(-c2[c-]cccc2)nc1.[Ir]. The molecule has 1 fully saturated rings. The number of hydrogen-bond acceptors (Lipinski definition) is 3. The van der Waals surface area contributed by atoms with E-state index in [4.69, 9.17) is 4.98 Å². The molecule has 1 aliphatic rings. The van der Waals surface area contributed by atoms with E-state index in [9.17, 15) is 0 Å². The first-order valence-corrected chi connectivity index (χ1v) is 17.9. The van der Waals surface area contributed by atoms with Gasteiger partial charge in [0.1, 0.15) is 0 Å². The Kier molecular flexibility index (Phi) is 8.49. The molecule has 0 bridgehead atoms. The predicted molar refractivity (Wildman–Crippen MR) is 170 cm³/mol. The van der Waals surface area contributed by atoms with Gasteiger partial charge in [-0.1, -0.05) is 66.6 Å². The molecule has 2 nitrogen and oxygen atoms in total. The maximum Gasteiger partial charge on any atom is 0.0776 e. The molecule has 1 radical (unpaired) electrons. The molecule has 3 heterocycles. The van der Waals surface area contributed by atoms with Crippen LogP contribution in [0, 0.1) is 19.1 Å². The Hall–Kier alpha value is -2.95. The summed E-state index contributed by atoms with van der Waals surface area (Å²) in [4.78, 5) is 9.09. The number of hydrogen-bond donors (Lipinski definition) is 0. The standard InChI is InChI=1S/C23H22NSSi.C12H10N.Ir/c1-26(2,3)17-10-12-22-20(13-17)18-5-4-6-19(23(18)25-22)21-11-9-16(14-24-21)15-7-8-15;1-10-7-8-12(13-9-10)11-5-3-2-4-6-11;/h4-5,9-15H,7-8H2,1-3H3;2-5,7-9H,1H3;/q2*-1;. The molecule has 1 aliphatic carbocycles. The fourth-order valence-electron chi connectivity index (χ4n) is 4.79. The smallest absolute Gasteiger partial charge is 0.0776 e. The average Bonchev–Trinajstić information content (AvgIpc) is 3.74. The molecular formula is C35H32IrN2SSi-2. The van der Waals surface area contributed by atoms with Crippen LogP contribution in [0.25, 0.3) is 42.7 Å². The van der Waals surface area contributed by atoms with Crippen LogP contribution in [0.4, 0.5) is 0 Å². The van der Waals surface area contributed by atoms with E-state index < -0.39 is 8.07 Å². The number of pyridine rings is 2. The Morgan fingerprint density at radius 3 is 2.25 bits per heavy atom. The third kappa shape index (κ3) is 6.18. The molecule has 0 atom stereocenters. The van der Waals surface area contributed by atoms with Gasteiger partial charge in [-0.05, 0) is 64.4 Å². The molecular weight excluding hydrogens is 701 g/mol. The molecule has 6 aromatic rings. The molecule has 203 valence electrons. The fourth-order valence-corrected chi connectivity index (χ4v) is 7.14. The summed E-state index contributed by atoms with van der Waals surface area (Å²) in [7, 11) is -1.32. The molecule has 0 N–H and O–H groups in total. The summed E-state index contributed by atoms with van der Waals surface area (Å²) in [5.41, 5.74) is 6.77. The van der Waals surface area contributed by atoms with Crippen molar-refractivity contribution in [1.29, 1.82) is 0 Å². The quantitative estimate of drug-likeness (QED) is 0.134. The van der Waals surface area contributed by atoms with E-state index in [-0.39, 0.29) is 20.1 Å². The van der Waals surface area contributed by atoms with Gasteiger partial charge < -0.3 is 9.97 Å². The Balaban J connectivity index is 0.000000195. The van der Waals surface area contributed by atoms with Crippen LogP contribution in [0.3, 0.4) is 0 Å². The van der Waals surface area contributed by atoms with Gasteiger partial charge in [0.25, 0.3) is 0 Å². The summed E-state index contributed by atoms with van der Waals surface area (Å²) >= 11 is 1.87. The third-order valence-corrected chi connectivity index (χ3v) is 10.5. The molecule has 3 aromatic heterocycles. The molecule has 40 heavy (non-hydrogen) atoms. The Bertz CT molecular complexity index is 1730. The maximum absolute atomic E-state index is 4.77. The van der Waals surface area contributed by atoms with Crippen LogP contribution in [0.15, 0.2) is 91.3 Å². The largest absolute Gasteiger partial charge is 0.304 e. The van der Waals surface area contributed by atoms with Crippen LogP contribution >= 0.6 is 11.3 Å². The van der Waals surface area contributed by atoms with Crippen LogP contribution in [0.5, 0.6) is 0 Å². The van der Waals surface area contributed by atoms with Gasteiger partial charge in [0.05, 0.1) is 8.07 Å². The van der Waals surface area contributed by atoms with Crippen molar-refractivity contribution in [3.8, 4) is 22.5 Å². The van der Waals surface area contributed by atoms with Gasteiger partial charge >= 0.3 is 0 Å². The van der Waals surface area contributed by atoms with Crippen LogP contribution in [0.2, 0.25) is 19.6 Å². The summed E-state index contributed by atoms with van der Waals surface area (Å²) in [5.74, 6) is 0.751. The number of aromatic nitrogens is 2. The third-order valence-electron chi connectivity index (χ3n) is 7.28. The number of nitrogens with zero attached hydrogens (tertiary/aromatic N) is 2. The summed E-state index contributed by atoms with van der Waals surface area (Å²) in [6.07, 6.45) is 6.57. The molecule has 1 saturated carbocycles. The van der Waals surface area contributed by atoms with Gasteiger partial charge in [0.2, 0.25) is 0 Å². The van der Waals surface area contributed by atoms with Crippen molar-refractivity contribution in [2.45, 2.75) is 45.3 Å². The summed E-state index contributed by atoms with van der Waals surface area (Å²) < 4.78 is 2.67. The summed E-state index contributed by atoms with van der Waals surface area (Å²) in [6, 6.07) is 34.3. The fraction of sp³-hybridized carbons (Fsp3) is 0.200. The second-order valence-corrected chi connectivity index (χ2v) is 17.5. The average molecular weight is 733 g/mol. The van der Waals surface area contributed by atoms with E-state index in [0.717, 1.165) is 28.4 Å².